The van der Waals surface area contributed by atoms with E-state index in [0.29, 0.717) is 13.0 Å². The summed E-state index contributed by atoms with van der Waals surface area (Å²) in [6, 6.07) is 12.2. The molecule has 5 nitrogen and oxygen atoms in total. The summed E-state index contributed by atoms with van der Waals surface area (Å²) in [7, 11) is 1.88. The predicted molar refractivity (Wildman–Crippen MR) is 104 cm³/mol. The second-order valence-corrected chi connectivity index (χ2v) is 6.87. The van der Waals surface area contributed by atoms with Gasteiger partial charge in [0.1, 0.15) is 5.82 Å². The number of carbonyl (C=O) groups excluding carboxylic acids is 1. The van der Waals surface area contributed by atoms with E-state index in [4.69, 9.17) is 0 Å². The molecule has 0 aliphatic carbocycles. The molecule has 0 bridgehead atoms. The Morgan fingerprint density at radius 3 is 2.73 bits per heavy atom. The molecular weight excluding hydrogens is 324 g/mol. The molecule has 2 heterocycles. The number of hydrogen-bond acceptors (Lipinski definition) is 3. The highest BCUT2D eigenvalue weighted by atomic mass is 16.2. The number of aromatic nitrogens is 3. The summed E-state index contributed by atoms with van der Waals surface area (Å²) in [5.74, 6) is 1.09. The van der Waals surface area contributed by atoms with Crippen LogP contribution in [0.5, 0.6) is 0 Å². The lowest BCUT2D eigenvalue weighted by Gasteiger charge is -2.25. The van der Waals surface area contributed by atoms with Gasteiger partial charge in [-0.1, -0.05) is 18.2 Å². The number of imidazole rings is 1. The fourth-order valence-electron chi connectivity index (χ4n) is 3.26. The molecule has 3 aromatic rings. The molecular formula is C21H26N4O. The van der Waals surface area contributed by atoms with E-state index in [-0.39, 0.29) is 11.9 Å². The SMILES string of the molecule is Cc1cccnc1C[C@@H](C)N(C)C(=O)CCn1c(C)nc2ccccc21. The van der Waals surface area contributed by atoms with Crippen LogP contribution in [0.15, 0.2) is 42.6 Å². The van der Waals surface area contributed by atoms with Crippen molar-refractivity contribution in [2.75, 3.05) is 7.05 Å². The minimum absolute atomic E-state index is 0.108. The second-order valence-electron chi connectivity index (χ2n) is 6.87. The van der Waals surface area contributed by atoms with Gasteiger partial charge in [0.15, 0.2) is 0 Å². The summed E-state index contributed by atoms with van der Waals surface area (Å²) >= 11 is 0. The van der Waals surface area contributed by atoms with E-state index < -0.39 is 0 Å². The lowest BCUT2D eigenvalue weighted by Crippen LogP contribution is -2.37. The predicted octanol–water partition coefficient (Wildman–Crippen LogP) is 3.53. The zero-order valence-electron chi connectivity index (χ0n) is 15.9. The quantitative estimate of drug-likeness (QED) is 0.683. The van der Waals surface area contributed by atoms with Crippen molar-refractivity contribution in [1.82, 2.24) is 19.4 Å². The van der Waals surface area contributed by atoms with E-state index in [2.05, 4.69) is 40.5 Å². The van der Waals surface area contributed by atoms with Crippen molar-refractivity contribution in [2.45, 2.75) is 46.2 Å². The van der Waals surface area contributed by atoms with E-state index in [1.807, 2.05) is 49.3 Å². The van der Waals surface area contributed by atoms with Gasteiger partial charge in [0.05, 0.1) is 11.0 Å². The number of rotatable bonds is 6. The third-order valence-corrected chi connectivity index (χ3v) is 5.06. The van der Waals surface area contributed by atoms with Crippen LogP contribution in [0.25, 0.3) is 11.0 Å². The standard InChI is InChI=1S/C21H26N4O/c1-15-8-7-12-22-19(15)14-16(2)24(4)21(26)11-13-25-17(3)23-18-9-5-6-10-20(18)25/h5-10,12,16H,11,13-14H2,1-4H3/t16-/m1/s1. The zero-order valence-corrected chi connectivity index (χ0v) is 15.9. The van der Waals surface area contributed by atoms with Crippen molar-refractivity contribution < 1.29 is 4.79 Å². The van der Waals surface area contributed by atoms with E-state index in [1.54, 1.807) is 0 Å². The molecule has 1 atom stereocenters. The molecule has 1 aromatic carbocycles. The number of likely N-dealkylation sites (N-methyl/N-ethyl adjacent to an activating group) is 1. The molecule has 0 aliphatic rings. The van der Waals surface area contributed by atoms with Gasteiger partial charge in [0.2, 0.25) is 5.91 Å². The first-order valence-corrected chi connectivity index (χ1v) is 9.05. The molecule has 0 unspecified atom stereocenters. The third-order valence-electron chi connectivity index (χ3n) is 5.06. The van der Waals surface area contributed by atoms with Crippen molar-refractivity contribution in [3.05, 3.63) is 59.7 Å². The first-order chi connectivity index (χ1) is 12.5. The van der Waals surface area contributed by atoms with E-state index in [9.17, 15) is 4.79 Å². The fourth-order valence-corrected chi connectivity index (χ4v) is 3.26. The zero-order chi connectivity index (χ0) is 18.7. The lowest BCUT2D eigenvalue weighted by atomic mass is 10.1. The van der Waals surface area contributed by atoms with Crippen molar-refractivity contribution in [2.24, 2.45) is 0 Å². The first-order valence-electron chi connectivity index (χ1n) is 9.05. The molecule has 0 fully saturated rings. The van der Waals surface area contributed by atoms with Crippen LogP contribution >= 0.6 is 0 Å². The highest BCUT2D eigenvalue weighted by molar-refractivity contribution is 5.78. The fraction of sp³-hybridized carbons (Fsp3) is 0.381. The number of amides is 1. The number of nitrogens with zero attached hydrogens (tertiary/aromatic N) is 4. The largest absolute Gasteiger partial charge is 0.343 e. The normalized spacial score (nSPS) is 12.3. The highest BCUT2D eigenvalue weighted by Crippen LogP contribution is 2.16. The summed E-state index contributed by atoms with van der Waals surface area (Å²) in [4.78, 5) is 23.5. The maximum Gasteiger partial charge on any atom is 0.224 e. The molecule has 1 amide bonds. The van der Waals surface area contributed by atoms with Gasteiger partial charge in [0, 0.05) is 44.4 Å². The van der Waals surface area contributed by atoms with Gasteiger partial charge in [-0.2, -0.15) is 0 Å². The molecule has 3 rings (SSSR count). The Morgan fingerprint density at radius 2 is 1.96 bits per heavy atom. The lowest BCUT2D eigenvalue weighted by molar-refractivity contribution is -0.131. The van der Waals surface area contributed by atoms with Crippen LogP contribution < -0.4 is 0 Å². The number of hydrogen-bond donors (Lipinski definition) is 0. The maximum atomic E-state index is 12.7. The summed E-state index contributed by atoms with van der Waals surface area (Å²) in [6.07, 6.45) is 3.04. The van der Waals surface area contributed by atoms with Gasteiger partial charge < -0.3 is 9.47 Å². The van der Waals surface area contributed by atoms with Gasteiger partial charge in [0.25, 0.3) is 0 Å². The van der Waals surface area contributed by atoms with Gasteiger partial charge in [-0.3, -0.25) is 9.78 Å². The summed E-state index contributed by atoms with van der Waals surface area (Å²) in [5, 5.41) is 0. The Labute approximate surface area is 154 Å². The van der Waals surface area contributed by atoms with Crippen molar-refractivity contribution in [3.63, 3.8) is 0 Å². The minimum atomic E-state index is 0.108. The van der Waals surface area contributed by atoms with Gasteiger partial charge >= 0.3 is 0 Å². The van der Waals surface area contributed by atoms with E-state index >= 15 is 0 Å². The molecule has 0 aliphatic heterocycles. The molecule has 0 N–H and O–H groups in total. The van der Waals surface area contributed by atoms with E-state index in [0.717, 1.165) is 29.0 Å². The number of fused-ring (bicyclic) bond motifs is 1. The van der Waals surface area contributed by atoms with Crippen molar-refractivity contribution >= 4 is 16.9 Å². The Bertz CT molecular complexity index is 915. The summed E-state index contributed by atoms with van der Waals surface area (Å²) < 4.78 is 2.12. The molecule has 0 saturated heterocycles. The van der Waals surface area contributed by atoms with Gasteiger partial charge in [-0.05, 0) is 44.5 Å². The van der Waals surface area contributed by atoms with Crippen LogP contribution in [-0.4, -0.2) is 38.4 Å². The van der Waals surface area contributed by atoms with Crippen molar-refractivity contribution in [3.8, 4) is 0 Å². The molecule has 136 valence electrons. The topological polar surface area (TPSA) is 51.0 Å². The number of benzene rings is 1. The van der Waals surface area contributed by atoms with Crippen LogP contribution in [0.4, 0.5) is 0 Å². The smallest absolute Gasteiger partial charge is 0.224 e. The highest BCUT2D eigenvalue weighted by Gasteiger charge is 2.18. The first kappa shape index (κ1) is 18.1. The third kappa shape index (κ3) is 3.77. The maximum absolute atomic E-state index is 12.7. The molecule has 0 spiro atoms. The van der Waals surface area contributed by atoms with Gasteiger partial charge in [-0.15, -0.1) is 0 Å². The second kappa shape index (κ2) is 7.68. The van der Waals surface area contributed by atoms with Crippen LogP contribution in [0.2, 0.25) is 0 Å². The average Bonchev–Trinajstić information content (AvgIpc) is 2.96. The Hall–Kier alpha value is -2.69. The molecule has 5 heteroatoms. The number of para-hydroxylation sites is 2. The summed E-state index contributed by atoms with van der Waals surface area (Å²) in [6.45, 7) is 6.76. The Morgan fingerprint density at radius 1 is 1.19 bits per heavy atom. The number of aryl methyl sites for hydroxylation is 3. The Balaban J connectivity index is 1.63. The molecule has 26 heavy (non-hydrogen) atoms. The molecule has 0 saturated carbocycles. The average molecular weight is 350 g/mol. The monoisotopic (exact) mass is 350 g/mol. The van der Waals surface area contributed by atoms with Crippen LogP contribution in [0.1, 0.15) is 30.4 Å². The Kier molecular flexibility index (Phi) is 5.35. The van der Waals surface area contributed by atoms with E-state index in [1.165, 1.54) is 5.56 Å². The van der Waals surface area contributed by atoms with Crippen LogP contribution in [0.3, 0.4) is 0 Å². The molecule has 2 aromatic heterocycles. The van der Waals surface area contributed by atoms with Crippen LogP contribution in [0, 0.1) is 13.8 Å². The van der Waals surface area contributed by atoms with Crippen molar-refractivity contribution in [1.29, 1.82) is 0 Å². The number of pyridine rings is 1. The molecule has 0 radical (unpaired) electrons. The van der Waals surface area contributed by atoms with Crippen LogP contribution in [-0.2, 0) is 17.8 Å². The minimum Gasteiger partial charge on any atom is -0.343 e. The van der Waals surface area contributed by atoms with Gasteiger partial charge in [-0.25, -0.2) is 4.98 Å². The number of carbonyl (C=O) groups is 1. The summed E-state index contributed by atoms with van der Waals surface area (Å²) in [5.41, 5.74) is 4.28.